The molecule has 3 aromatic heterocycles. The van der Waals surface area contributed by atoms with E-state index in [1.165, 1.54) is 27.2 Å². The third-order valence-electron chi connectivity index (χ3n) is 9.73. The standard InChI is InChI=1S/C46H32N6/c1-5-17-31(18-6-1)42-43(47-33-21-9-3-10-22-33)46(49-45(48-42)32-19-7-2-8-20-32)50-52-39-28-16-14-26-37(39)41-40(52)30-29-36-35-25-13-15-27-38(35)51(44(36)41)34-23-11-4-12-24-34/h1-30,47H,(H,48,49,50). The zero-order valence-electron chi connectivity index (χ0n) is 28.1. The van der Waals surface area contributed by atoms with E-state index in [-0.39, 0.29) is 0 Å². The van der Waals surface area contributed by atoms with Crippen molar-refractivity contribution in [2.24, 2.45) is 0 Å². The van der Waals surface area contributed by atoms with E-state index in [4.69, 9.17) is 9.97 Å². The van der Waals surface area contributed by atoms with Crippen LogP contribution in [0.3, 0.4) is 0 Å². The number of aromatic nitrogens is 4. The minimum atomic E-state index is 0.632. The van der Waals surface area contributed by atoms with Gasteiger partial charge in [0.25, 0.3) is 0 Å². The SMILES string of the molecule is c1ccc(Nc2c(Nn3c4ccccc4c4c3ccc3c5ccccc5n(-c5ccccc5)c34)nc(-c3ccccc3)nc2-c2ccccc2)cc1. The van der Waals surface area contributed by atoms with Crippen molar-refractivity contribution in [3.05, 3.63) is 182 Å². The molecular weight excluding hydrogens is 637 g/mol. The van der Waals surface area contributed by atoms with Gasteiger partial charge < -0.3 is 9.88 Å². The number of nitrogens with zero attached hydrogens (tertiary/aromatic N) is 4. The molecule has 3 heterocycles. The number of rotatable bonds is 7. The Labute approximate surface area is 300 Å². The highest BCUT2D eigenvalue weighted by atomic mass is 15.4. The van der Waals surface area contributed by atoms with E-state index in [0.29, 0.717) is 11.6 Å². The molecule has 0 saturated heterocycles. The van der Waals surface area contributed by atoms with E-state index in [9.17, 15) is 0 Å². The van der Waals surface area contributed by atoms with Crippen LogP contribution in [0.25, 0.3) is 71.9 Å². The van der Waals surface area contributed by atoms with Crippen molar-refractivity contribution in [3.8, 4) is 28.3 Å². The predicted molar refractivity (Wildman–Crippen MR) is 215 cm³/mol. The van der Waals surface area contributed by atoms with Crippen molar-refractivity contribution >= 4 is 60.8 Å². The van der Waals surface area contributed by atoms with Crippen LogP contribution in [0.1, 0.15) is 0 Å². The lowest BCUT2D eigenvalue weighted by Crippen LogP contribution is -2.14. The molecule has 6 heteroatoms. The Morgan fingerprint density at radius 2 is 1.04 bits per heavy atom. The topological polar surface area (TPSA) is 59.7 Å². The molecule has 0 aliphatic carbocycles. The van der Waals surface area contributed by atoms with Gasteiger partial charge in [-0.2, -0.15) is 0 Å². The Hall–Kier alpha value is -7.18. The van der Waals surface area contributed by atoms with Gasteiger partial charge >= 0.3 is 0 Å². The molecule has 6 nitrogen and oxygen atoms in total. The second-order valence-corrected chi connectivity index (χ2v) is 12.9. The lowest BCUT2D eigenvalue weighted by Gasteiger charge is -2.20. The minimum absolute atomic E-state index is 0.632. The highest BCUT2D eigenvalue weighted by Crippen LogP contribution is 2.42. The molecule has 0 radical (unpaired) electrons. The number of benzene rings is 7. The molecule has 0 aliphatic rings. The Kier molecular flexibility index (Phi) is 7.03. The Morgan fingerprint density at radius 1 is 0.442 bits per heavy atom. The largest absolute Gasteiger partial charge is 0.351 e. The van der Waals surface area contributed by atoms with Gasteiger partial charge in [0.05, 0.1) is 22.1 Å². The number of hydrogen-bond acceptors (Lipinski definition) is 4. The van der Waals surface area contributed by atoms with E-state index in [1.54, 1.807) is 0 Å². The summed E-state index contributed by atoms with van der Waals surface area (Å²) in [4.78, 5) is 10.5. The highest BCUT2D eigenvalue weighted by Gasteiger charge is 2.23. The molecule has 246 valence electrons. The quantitative estimate of drug-likeness (QED) is 0.177. The maximum Gasteiger partial charge on any atom is 0.173 e. The zero-order valence-corrected chi connectivity index (χ0v) is 28.1. The summed E-state index contributed by atoms with van der Waals surface area (Å²) < 4.78 is 4.58. The third kappa shape index (κ3) is 4.88. The zero-order chi connectivity index (χ0) is 34.4. The van der Waals surface area contributed by atoms with Crippen LogP contribution in [-0.4, -0.2) is 19.2 Å². The second kappa shape index (κ2) is 12.3. The molecule has 0 saturated carbocycles. The van der Waals surface area contributed by atoms with Gasteiger partial charge in [0.15, 0.2) is 11.6 Å². The van der Waals surface area contributed by atoms with Crippen LogP contribution < -0.4 is 10.7 Å². The summed E-state index contributed by atoms with van der Waals surface area (Å²) in [5.74, 6) is 1.29. The van der Waals surface area contributed by atoms with Crippen molar-refractivity contribution < 1.29 is 0 Å². The van der Waals surface area contributed by atoms with E-state index in [1.807, 2.05) is 54.6 Å². The van der Waals surface area contributed by atoms with Crippen LogP contribution in [0.5, 0.6) is 0 Å². The number of nitrogens with one attached hydrogen (secondary N) is 2. The van der Waals surface area contributed by atoms with Crippen LogP contribution in [0.4, 0.5) is 17.2 Å². The minimum Gasteiger partial charge on any atom is -0.351 e. The van der Waals surface area contributed by atoms with Crippen molar-refractivity contribution in [2.75, 3.05) is 10.7 Å². The molecule has 10 aromatic rings. The average Bonchev–Trinajstić information content (AvgIpc) is 3.72. The smallest absolute Gasteiger partial charge is 0.173 e. The van der Waals surface area contributed by atoms with E-state index in [2.05, 4.69) is 147 Å². The van der Waals surface area contributed by atoms with Crippen LogP contribution in [0.15, 0.2) is 182 Å². The molecule has 0 fully saturated rings. The van der Waals surface area contributed by atoms with E-state index >= 15 is 0 Å². The summed E-state index contributed by atoms with van der Waals surface area (Å²) in [6.45, 7) is 0. The van der Waals surface area contributed by atoms with Gasteiger partial charge in [-0.25, -0.2) is 9.97 Å². The van der Waals surface area contributed by atoms with Crippen molar-refractivity contribution in [1.29, 1.82) is 0 Å². The molecule has 0 unspecified atom stereocenters. The Bertz CT molecular complexity index is 2880. The molecule has 10 rings (SSSR count). The first kappa shape index (κ1) is 29.7. The highest BCUT2D eigenvalue weighted by molar-refractivity contribution is 6.25. The first-order chi connectivity index (χ1) is 25.8. The predicted octanol–water partition coefficient (Wildman–Crippen LogP) is 11.6. The normalized spacial score (nSPS) is 11.5. The molecular formula is C46H32N6. The van der Waals surface area contributed by atoms with Crippen LogP contribution in [-0.2, 0) is 0 Å². The summed E-state index contributed by atoms with van der Waals surface area (Å²) >= 11 is 0. The van der Waals surface area contributed by atoms with Gasteiger partial charge in [0, 0.05) is 44.0 Å². The summed E-state index contributed by atoms with van der Waals surface area (Å²) in [6.07, 6.45) is 0. The van der Waals surface area contributed by atoms with Gasteiger partial charge in [0.1, 0.15) is 11.4 Å². The third-order valence-corrected chi connectivity index (χ3v) is 9.73. The maximum absolute atomic E-state index is 5.27. The molecule has 0 bridgehead atoms. The maximum atomic E-state index is 5.27. The molecule has 52 heavy (non-hydrogen) atoms. The summed E-state index contributed by atoms with van der Waals surface area (Å²) in [6, 6.07) is 63.1. The molecule has 0 amide bonds. The van der Waals surface area contributed by atoms with Gasteiger partial charge in [-0.15, -0.1) is 0 Å². The van der Waals surface area contributed by atoms with Crippen molar-refractivity contribution in [2.45, 2.75) is 0 Å². The fourth-order valence-electron chi connectivity index (χ4n) is 7.43. The van der Waals surface area contributed by atoms with Crippen molar-refractivity contribution in [3.63, 3.8) is 0 Å². The average molecular weight is 669 g/mol. The first-order valence-corrected chi connectivity index (χ1v) is 17.4. The van der Waals surface area contributed by atoms with Crippen LogP contribution in [0, 0.1) is 0 Å². The van der Waals surface area contributed by atoms with Gasteiger partial charge in [-0.3, -0.25) is 10.1 Å². The molecule has 0 spiro atoms. The Balaban J connectivity index is 1.28. The van der Waals surface area contributed by atoms with Gasteiger partial charge in [-0.05, 0) is 42.5 Å². The summed E-state index contributed by atoms with van der Waals surface area (Å²) in [7, 11) is 0. The lowest BCUT2D eigenvalue weighted by molar-refractivity contribution is 1.02. The number of para-hydroxylation sites is 4. The summed E-state index contributed by atoms with van der Waals surface area (Å²) in [5, 5.41) is 8.44. The Morgan fingerprint density at radius 3 is 1.77 bits per heavy atom. The van der Waals surface area contributed by atoms with Gasteiger partial charge in [0.2, 0.25) is 0 Å². The number of fused-ring (bicyclic) bond motifs is 7. The van der Waals surface area contributed by atoms with Crippen molar-refractivity contribution in [1.82, 2.24) is 19.2 Å². The number of anilines is 3. The second-order valence-electron chi connectivity index (χ2n) is 12.9. The summed E-state index contributed by atoms with van der Waals surface area (Å²) in [5.41, 5.74) is 13.8. The van der Waals surface area contributed by atoms with Crippen LogP contribution in [0.2, 0.25) is 0 Å². The first-order valence-electron chi connectivity index (χ1n) is 17.4. The van der Waals surface area contributed by atoms with Crippen LogP contribution >= 0.6 is 0 Å². The fourth-order valence-corrected chi connectivity index (χ4v) is 7.43. The molecule has 7 aromatic carbocycles. The fraction of sp³-hybridized carbons (Fsp3) is 0. The molecule has 0 atom stereocenters. The van der Waals surface area contributed by atoms with Gasteiger partial charge in [-0.1, -0.05) is 140 Å². The molecule has 0 aliphatic heterocycles. The lowest BCUT2D eigenvalue weighted by atomic mass is 10.1. The molecule has 2 N–H and O–H groups in total. The van der Waals surface area contributed by atoms with E-state index in [0.717, 1.165) is 50.3 Å². The number of hydrogen-bond donors (Lipinski definition) is 2. The van der Waals surface area contributed by atoms with E-state index < -0.39 is 0 Å². The monoisotopic (exact) mass is 668 g/mol.